The summed E-state index contributed by atoms with van der Waals surface area (Å²) in [7, 11) is -3.59. The van der Waals surface area contributed by atoms with Crippen LogP contribution < -0.4 is 11.1 Å². The molecule has 8 heteroatoms. The second-order valence-corrected chi connectivity index (χ2v) is 14.9. The van der Waals surface area contributed by atoms with Crippen molar-refractivity contribution in [2.45, 2.75) is 88.8 Å². The number of nitrogen functional groups attached to an aromatic ring is 1. The maximum atomic E-state index is 13.9. The summed E-state index contributed by atoms with van der Waals surface area (Å²) < 4.78 is 26.7. The molecule has 4 N–H and O–H groups in total. The number of aryl methyl sites for hydroxylation is 2. The number of nitrogens with two attached hydrogens (primary N) is 1. The van der Waals surface area contributed by atoms with E-state index in [0.717, 1.165) is 36.8 Å². The zero-order chi connectivity index (χ0) is 32.8. The topological polar surface area (TPSA) is 130 Å². The van der Waals surface area contributed by atoms with Crippen LogP contribution in [-0.2, 0) is 38.0 Å². The van der Waals surface area contributed by atoms with E-state index in [1.165, 1.54) is 19.3 Å². The fraction of sp³-hybridized carbons (Fsp3) is 0.447. The summed E-state index contributed by atoms with van der Waals surface area (Å²) in [4.78, 5) is 27.6. The highest BCUT2D eigenvalue weighted by atomic mass is 32.2. The minimum Gasteiger partial charge on any atom is -0.384 e. The molecule has 1 amide bonds. The number of benzene rings is 3. The molecule has 0 saturated heterocycles. The van der Waals surface area contributed by atoms with Gasteiger partial charge in [-0.05, 0) is 61.1 Å². The van der Waals surface area contributed by atoms with Gasteiger partial charge in [0, 0.05) is 12.0 Å². The van der Waals surface area contributed by atoms with Gasteiger partial charge in [-0.2, -0.15) is 0 Å². The highest BCUT2D eigenvalue weighted by Gasteiger charge is 2.30. The zero-order valence-electron chi connectivity index (χ0n) is 26.8. The molecule has 0 aromatic heterocycles. The SMILES string of the molecule is N=C(N)c1ccc(CCC(=O)[C@H](CCC2CCCCC2)NC(=O)[C@@H](CCCc2ccccc2)CS(=O)(=O)Cc2ccccc2)cc1. The van der Waals surface area contributed by atoms with Gasteiger partial charge in [-0.1, -0.05) is 117 Å². The molecule has 7 nitrogen and oxygen atoms in total. The third kappa shape index (κ3) is 11.9. The largest absolute Gasteiger partial charge is 0.384 e. The van der Waals surface area contributed by atoms with Crippen molar-refractivity contribution in [2.75, 3.05) is 5.75 Å². The number of nitrogens with one attached hydrogen (secondary N) is 2. The van der Waals surface area contributed by atoms with Crippen molar-refractivity contribution >= 4 is 27.4 Å². The van der Waals surface area contributed by atoms with E-state index in [9.17, 15) is 18.0 Å². The number of carbonyl (C=O) groups excluding carboxylic acids is 2. The molecule has 3 aromatic rings. The summed E-state index contributed by atoms with van der Waals surface area (Å²) in [6, 6.07) is 25.7. The van der Waals surface area contributed by atoms with Crippen molar-refractivity contribution in [1.82, 2.24) is 5.32 Å². The lowest BCUT2D eigenvalue weighted by molar-refractivity contribution is -0.130. The summed E-state index contributed by atoms with van der Waals surface area (Å²) >= 11 is 0. The first kappa shape index (κ1) is 35.1. The Kier molecular flexibility index (Phi) is 13.6. The zero-order valence-corrected chi connectivity index (χ0v) is 27.6. The van der Waals surface area contributed by atoms with Gasteiger partial charge in [0.25, 0.3) is 0 Å². The van der Waals surface area contributed by atoms with Gasteiger partial charge in [0.2, 0.25) is 5.91 Å². The molecule has 0 radical (unpaired) electrons. The third-order valence-electron chi connectivity index (χ3n) is 9.13. The molecule has 1 aliphatic rings. The van der Waals surface area contributed by atoms with Crippen molar-refractivity contribution < 1.29 is 18.0 Å². The molecule has 1 saturated carbocycles. The van der Waals surface area contributed by atoms with Gasteiger partial charge >= 0.3 is 0 Å². The lowest BCUT2D eigenvalue weighted by atomic mass is 9.84. The molecular formula is C38H49N3O4S. The molecule has 4 rings (SSSR count). The monoisotopic (exact) mass is 643 g/mol. The Morgan fingerprint density at radius 1 is 0.804 bits per heavy atom. The smallest absolute Gasteiger partial charge is 0.224 e. The second-order valence-electron chi connectivity index (χ2n) is 12.8. The molecule has 246 valence electrons. The standard InChI is InChI=1S/C38H49N3O4S/c39-37(40)33-23-19-31(20-24-33)22-26-36(42)35(25-21-30-13-6-2-7-14-30)41-38(43)34(18-10-17-29-11-4-1-5-12-29)28-46(44,45)27-32-15-8-3-9-16-32/h1,3-5,8-9,11-12,15-16,19-20,23-24,30,34-35H,2,6-7,10,13-14,17-18,21-22,25-28H2,(H3,39,40)(H,41,43)/t34-,35-/m0/s1. The number of amides is 1. The second kappa shape index (κ2) is 17.8. The van der Waals surface area contributed by atoms with Crippen LogP contribution in [0.15, 0.2) is 84.9 Å². The van der Waals surface area contributed by atoms with E-state index in [-0.39, 0.29) is 35.5 Å². The van der Waals surface area contributed by atoms with Gasteiger partial charge in [0.15, 0.2) is 15.6 Å². The predicted octanol–water partition coefficient (Wildman–Crippen LogP) is 6.57. The molecule has 3 aromatic carbocycles. The van der Waals surface area contributed by atoms with Gasteiger partial charge in [-0.15, -0.1) is 0 Å². The van der Waals surface area contributed by atoms with Crippen LogP contribution in [0.2, 0.25) is 0 Å². The number of Topliss-reactive ketones (excluding diaryl/α,β-unsaturated/α-hetero) is 1. The quantitative estimate of drug-likeness (QED) is 0.107. The van der Waals surface area contributed by atoms with Gasteiger partial charge in [0.05, 0.1) is 23.5 Å². The molecular weight excluding hydrogens is 595 g/mol. The Morgan fingerprint density at radius 2 is 1.41 bits per heavy atom. The lowest BCUT2D eigenvalue weighted by Crippen LogP contribution is -2.45. The Morgan fingerprint density at radius 3 is 2.04 bits per heavy atom. The summed E-state index contributed by atoms with van der Waals surface area (Å²) in [5, 5.41) is 10.7. The van der Waals surface area contributed by atoms with E-state index in [1.54, 1.807) is 24.3 Å². The maximum Gasteiger partial charge on any atom is 0.224 e. The fourth-order valence-electron chi connectivity index (χ4n) is 6.46. The Balaban J connectivity index is 1.46. The molecule has 1 fully saturated rings. The van der Waals surface area contributed by atoms with Gasteiger partial charge in [0.1, 0.15) is 5.84 Å². The van der Waals surface area contributed by atoms with Crippen LogP contribution in [-0.4, -0.2) is 37.7 Å². The lowest BCUT2D eigenvalue weighted by Gasteiger charge is -2.26. The third-order valence-corrected chi connectivity index (χ3v) is 10.8. The van der Waals surface area contributed by atoms with Gasteiger partial charge in [-0.25, -0.2) is 8.42 Å². The minimum absolute atomic E-state index is 0.00257. The Hall–Kier alpha value is -3.78. The van der Waals surface area contributed by atoms with Crippen molar-refractivity contribution in [1.29, 1.82) is 5.41 Å². The molecule has 1 aliphatic carbocycles. The average Bonchev–Trinajstić information content (AvgIpc) is 3.06. The first-order valence-electron chi connectivity index (χ1n) is 16.7. The van der Waals surface area contributed by atoms with E-state index < -0.39 is 21.8 Å². The summed E-state index contributed by atoms with van der Waals surface area (Å²) in [5.74, 6) is -0.962. The molecule has 0 heterocycles. The molecule has 0 spiro atoms. The molecule has 0 bridgehead atoms. The van der Waals surface area contributed by atoms with Crippen molar-refractivity contribution in [2.24, 2.45) is 17.6 Å². The summed E-state index contributed by atoms with van der Waals surface area (Å²) in [5.41, 5.74) is 9.01. The van der Waals surface area contributed by atoms with Crippen LogP contribution in [0.25, 0.3) is 0 Å². The number of carbonyl (C=O) groups is 2. The average molecular weight is 644 g/mol. The Labute approximate surface area is 274 Å². The van der Waals surface area contributed by atoms with E-state index in [0.29, 0.717) is 42.7 Å². The number of rotatable bonds is 18. The Bertz CT molecular complexity index is 1500. The van der Waals surface area contributed by atoms with Crippen molar-refractivity contribution in [3.63, 3.8) is 0 Å². The number of hydrogen-bond donors (Lipinski definition) is 3. The van der Waals surface area contributed by atoms with Gasteiger partial charge < -0.3 is 11.1 Å². The fourth-order valence-corrected chi connectivity index (χ4v) is 8.20. The summed E-state index contributed by atoms with van der Waals surface area (Å²) in [6.07, 6.45) is 9.99. The maximum absolute atomic E-state index is 13.9. The van der Waals surface area contributed by atoms with E-state index >= 15 is 0 Å². The minimum atomic E-state index is -3.59. The first-order chi connectivity index (χ1) is 22.2. The first-order valence-corrected chi connectivity index (χ1v) is 18.6. The molecule has 0 unspecified atom stereocenters. The van der Waals surface area contributed by atoms with Crippen LogP contribution in [0.5, 0.6) is 0 Å². The number of sulfone groups is 1. The molecule has 0 aliphatic heterocycles. The van der Waals surface area contributed by atoms with Crippen LogP contribution in [0.1, 0.15) is 86.5 Å². The van der Waals surface area contributed by atoms with Crippen LogP contribution >= 0.6 is 0 Å². The number of amidine groups is 1. The normalized spacial score (nSPS) is 15.1. The predicted molar refractivity (Wildman–Crippen MR) is 185 cm³/mol. The van der Waals surface area contributed by atoms with Crippen molar-refractivity contribution in [3.8, 4) is 0 Å². The van der Waals surface area contributed by atoms with E-state index in [2.05, 4.69) is 5.32 Å². The van der Waals surface area contributed by atoms with Crippen LogP contribution in [0.3, 0.4) is 0 Å². The van der Waals surface area contributed by atoms with E-state index in [1.807, 2.05) is 60.7 Å². The van der Waals surface area contributed by atoms with Crippen LogP contribution in [0, 0.1) is 17.2 Å². The van der Waals surface area contributed by atoms with E-state index in [4.69, 9.17) is 11.1 Å². The number of hydrogen-bond acceptors (Lipinski definition) is 5. The molecule has 2 atom stereocenters. The van der Waals surface area contributed by atoms with Crippen LogP contribution in [0.4, 0.5) is 0 Å². The highest BCUT2D eigenvalue weighted by molar-refractivity contribution is 7.90. The van der Waals surface area contributed by atoms with Crippen molar-refractivity contribution in [3.05, 3.63) is 107 Å². The summed E-state index contributed by atoms with van der Waals surface area (Å²) in [6.45, 7) is 0. The molecule has 46 heavy (non-hydrogen) atoms. The number of ketones is 1. The van der Waals surface area contributed by atoms with Gasteiger partial charge in [-0.3, -0.25) is 15.0 Å². The highest BCUT2D eigenvalue weighted by Crippen LogP contribution is 2.28.